The predicted octanol–water partition coefficient (Wildman–Crippen LogP) is 3.15. The van der Waals surface area contributed by atoms with Gasteiger partial charge in [0.05, 0.1) is 6.61 Å². The smallest absolute Gasteiger partial charge is 0.253 e. The van der Waals surface area contributed by atoms with Gasteiger partial charge in [0.15, 0.2) is 5.65 Å². The molecular weight excluding hydrogens is 359 g/mol. The van der Waals surface area contributed by atoms with E-state index >= 15 is 0 Å². The Labute approximate surface area is 163 Å². The van der Waals surface area contributed by atoms with Crippen LogP contribution in [0.25, 0.3) is 11.2 Å². The molecule has 28 heavy (non-hydrogen) atoms. The average molecular weight is 382 g/mol. The number of halogens is 1. The first-order valence-corrected chi connectivity index (χ1v) is 9.44. The van der Waals surface area contributed by atoms with Crippen molar-refractivity contribution >= 4 is 17.1 Å². The van der Waals surface area contributed by atoms with Gasteiger partial charge in [-0.15, -0.1) is 0 Å². The number of pyridine rings is 1. The van der Waals surface area contributed by atoms with Crippen LogP contribution in [0, 0.1) is 12.7 Å². The van der Waals surface area contributed by atoms with Crippen molar-refractivity contribution < 1.29 is 13.9 Å². The number of aryl methyl sites for hydroxylation is 1. The van der Waals surface area contributed by atoms with Crippen molar-refractivity contribution in [1.29, 1.82) is 0 Å². The summed E-state index contributed by atoms with van der Waals surface area (Å²) in [6, 6.07) is 8.47. The van der Waals surface area contributed by atoms with Gasteiger partial charge in [0.2, 0.25) is 0 Å². The van der Waals surface area contributed by atoms with Crippen molar-refractivity contribution in [3.8, 4) is 0 Å². The third-order valence-corrected chi connectivity index (χ3v) is 5.31. The number of hydrogen-bond acceptors (Lipinski definition) is 4. The molecule has 0 bridgehead atoms. The normalized spacial score (nSPS) is 16.8. The molecular formula is C21H23FN4O2. The summed E-state index contributed by atoms with van der Waals surface area (Å²) in [6.45, 7) is 4.10. The topological polar surface area (TPSA) is 60.2 Å². The Kier molecular flexibility index (Phi) is 5.09. The molecule has 146 valence electrons. The monoisotopic (exact) mass is 382 g/mol. The van der Waals surface area contributed by atoms with E-state index in [1.807, 2.05) is 12.1 Å². The van der Waals surface area contributed by atoms with Crippen molar-refractivity contribution in [3.63, 3.8) is 0 Å². The van der Waals surface area contributed by atoms with Crippen LogP contribution >= 0.6 is 0 Å². The quantitative estimate of drug-likeness (QED) is 0.680. The number of nitrogens with zero attached hydrogens (tertiary/aromatic N) is 4. The van der Waals surface area contributed by atoms with E-state index in [1.165, 1.54) is 6.07 Å². The maximum Gasteiger partial charge on any atom is 0.253 e. The van der Waals surface area contributed by atoms with Crippen LogP contribution in [0.1, 0.15) is 34.1 Å². The zero-order chi connectivity index (χ0) is 19.7. The third-order valence-electron chi connectivity index (χ3n) is 5.31. The number of aromatic nitrogens is 3. The minimum atomic E-state index is -0.353. The molecule has 1 fully saturated rings. The van der Waals surface area contributed by atoms with Crippen LogP contribution in [-0.4, -0.2) is 52.1 Å². The molecule has 3 heterocycles. The number of likely N-dealkylation sites (tertiary alicyclic amines) is 1. The second-order valence-corrected chi connectivity index (χ2v) is 7.16. The summed E-state index contributed by atoms with van der Waals surface area (Å²) in [5.74, 6) is 0.551. The standard InChI is InChI=1S/C21H23FN4O2/c1-14-5-6-15(12-17(14)22)21(27)25-9-7-16(13-25)19-24-18-4-3-8-23-20(18)26(19)10-11-28-2/h3-6,8,12,16H,7,9-11,13H2,1-2H3/t16-/m1/s1. The summed E-state index contributed by atoms with van der Waals surface area (Å²) < 4.78 is 21.2. The molecule has 0 spiro atoms. The number of imidazole rings is 1. The molecule has 1 saturated heterocycles. The van der Waals surface area contributed by atoms with Gasteiger partial charge < -0.3 is 14.2 Å². The molecule has 0 unspecified atom stereocenters. The lowest BCUT2D eigenvalue weighted by atomic mass is 10.1. The number of carbonyl (C=O) groups is 1. The number of methoxy groups -OCH3 is 1. The van der Waals surface area contributed by atoms with Gasteiger partial charge in [0.25, 0.3) is 5.91 Å². The van der Waals surface area contributed by atoms with E-state index in [1.54, 1.807) is 37.3 Å². The molecule has 0 saturated carbocycles. The first kappa shape index (κ1) is 18.6. The Morgan fingerprint density at radius 2 is 2.21 bits per heavy atom. The van der Waals surface area contributed by atoms with Gasteiger partial charge >= 0.3 is 0 Å². The summed E-state index contributed by atoms with van der Waals surface area (Å²) in [7, 11) is 1.67. The lowest BCUT2D eigenvalue weighted by Crippen LogP contribution is -2.29. The molecule has 0 aliphatic carbocycles. The summed E-state index contributed by atoms with van der Waals surface area (Å²) in [5.41, 5.74) is 2.60. The van der Waals surface area contributed by atoms with Gasteiger partial charge in [0.1, 0.15) is 17.2 Å². The number of carbonyl (C=O) groups excluding carboxylic acids is 1. The Balaban J connectivity index is 1.58. The second kappa shape index (κ2) is 7.67. The number of ether oxygens (including phenoxy) is 1. The van der Waals surface area contributed by atoms with Gasteiger partial charge in [-0.25, -0.2) is 14.4 Å². The van der Waals surface area contributed by atoms with E-state index in [4.69, 9.17) is 9.72 Å². The molecule has 1 amide bonds. The van der Waals surface area contributed by atoms with Crippen molar-refractivity contribution in [3.05, 3.63) is 59.3 Å². The minimum absolute atomic E-state index is 0.116. The SMILES string of the molecule is COCCn1c([C@@H]2CCN(C(=O)c3ccc(C)c(F)c3)C2)nc2cccnc21. The van der Waals surface area contributed by atoms with Gasteiger partial charge in [-0.2, -0.15) is 0 Å². The number of hydrogen-bond donors (Lipinski definition) is 0. The molecule has 3 aromatic rings. The first-order chi connectivity index (χ1) is 13.6. The number of benzene rings is 1. The summed E-state index contributed by atoms with van der Waals surface area (Å²) >= 11 is 0. The van der Waals surface area contributed by atoms with Crippen LogP contribution in [-0.2, 0) is 11.3 Å². The third kappa shape index (κ3) is 3.38. The fraction of sp³-hybridized carbons (Fsp3) is 0.381. The van der Waals surface area contributed by atoms with Gasteiger partial charge in [-0.05, 0) is 43.2 Å². The van der Waals surface area contributed by atoms with Gasteiger partial charge in [-0.3, -0.25) is 4.79 Å². The van der Waals surface area contributed by atoms with Crippen molar-refractivity contribution in [2.45, 2.75) is 25.8 Å². The van der Waals surface area contributed by atoms with Gasteiger partial charge in [-0.1, -0.05) is 6.07 Å². The van der Waals surface area contributed by atoms with Crippen LogP contribution < -0.4 is 0 Å². The van der Waals surface area contributed by atoms with Crippen LogP contribution in [0.2, 0.25) is 0 Å². The van der Waals surface area contributed by atoms with E-state index in [9.17, 15) is 9.18 Å². The van der Waals surface area contributed by atoms with Crippen molar-refractivity contribution in [2.75, 3.05) is 26.8 Å². The van der Waals surface area contributed by atoms with Crippen LogP contribution in [0.3, 0.4) is 0 Å². The van der Waals surface area contributed by atoms with Gasteiger partial charge in [0, 0.05) is 44.4 Å². The molecule has 0 N–H and O–H groups in total. The molecule has 1 atom stereocenters. The van der Waals surface area contributed by atoms with E-state index in [0.717, 1.165) is 23.4 Å². The summed E-state index contributed by atoms with van der Waals surface area (Å²) in [6.07, 6.45) is 2.57. The fourth-order valence-electron chi connectivity index (χ4n) is 3.75. The molecule has 0 radical (unpaired) electrons. The van der Waals surface area contributed by atoms with Crippen molar-refractivity contribution in [2.24, 2.45) is 0 Å². The molecule has 1 aliphatic heterocycles. The second-order valence-electron chi connectivity index (χ2n) is 7.16. The molecule has 4 rings (SSSR count). The molecule has 6 nitrogen and oxygen atoms in total. The average Bonchev–Trinajstić information content (AvgIpc) is 3.32. The van der Waals surface area contributed by atoms with Crippen molar-refractivity contribution in [1.82, 2.24) is 19.4 Å². The lowest BCUT2D eigenvalue weighted by molar-refractivity contribution is 0.0790. The Bertz CT molecular complexity index is 1020. The number of rotatable bonds is 5. The van der Waals surface area contributed by atoms with Crippen LogP contribution in [0.5, 0.6) is 0 Å². The molecule has 1 aliphatic rings. The van der Waals surface area contributed by atoms with E-state index in [0.29, 0.717) is 37.4 Å². The number of amides is 1. The zero-order valence-corrected chi connectivity index (χ0v) is 16.1. The Hall–Kier alpha value is -2.80. The minimum Gasteiger partial charge on any atom is -0.383 e. The van der Waals surface area contributed by atoms with Crippen LogP contribution in [0.4, 0.5) is 4.39 Å². The first-order valence-electron chi connectivity index (χ1n) is 9.44. The largest absolute Gasteiger partial charge is 0.383 e. The van der Waals surface area contributed by atoms with Crippen LogP contribution in [0.15, 0.2) is 36.5 Å². The lowest BCUT2D eigenvalue weighted by Gasteiger charge is -2.17. The number of fused-ring (bicyclic) bond motifs is 1. The molecule has 7 heteroatoms. The van der Waals surface area contributed by atoms with E-state index in [2.05, 4.69) is 9.55 Å². The van der Waals surface area contributed by atoms with E-state index in [-0.39, 0.29) is 17.6 Å². The highest BCUT2D eigenvalue weighted by atomic mass is 19.1. The summed E-state index contributed by atoms with van der Waals surface area (Å²) in [4.78, 5) is 23.9. The highest BCUT2D eigenvalue weighted by molar-refractivity contribution is 5.94. The summed E-state index contributed by atoms with van der Waals surface area (Å²) in [5, 5.41) is 0. The maximum atomic E-state index is 13.9. The Morgan fingerprint density at radius 3 is 3.00 bits per heavy atom. The molecule has 2 aromatic heterocycles. The predicted molar refractivity (Wildman–Crippen MR) is 104 cm³/mol. The Morgan fingerprint density at radius 1 is 1.36 bits per heavy atom. The maximum absolute atomic E-state index is 13.9. The zero-order valence-electron chi connectivity index (χ0n) is 16.1. The molecule has 1 aromatic carbocycles. The highest BCUT2D eigenvalue weighted by Crippen LogP contribution is 2.30. The highest BCUT2D eigenvalue weighted by Gasteiger charge is 2.31. The fourth-order valence-corrected chi connectivity index (χ4v) is 3.75. The van der Waals surface area contributed by atoms with E-state index < -0.39 is 0 Å².